The van der Waals surface area contributed by atoms with Crippen molar-refractivity contribution < 1.29 is 4.74 Å². The number of halogens is 1. The maximum absolute atomic E-state index is 5.33. The summed E-state index contributed by atoms with van der Waals surface area (Å²) in [5.41, 5.74) is 0. The van der Waals surface area contributed by atoms with Gasteiger partial charge in [0.25, 0.3) is 0 Å². The SMILES string of the molecule is CCNC(Cc1sccc1Br)CC(C)OC. The monoisotopic (exact) mass is 305 g/mol. The second-order valence-electron chi connectivity index (χ2n) is 3.93. The van der Waals surface area contributed by atoms with Gasteiger partial charge in [0.15, 0.2) is 0 Å². The molecule has 2 atom stereocenters. The number of hydrogen-bond acceptors (Lipinski definition) is 3. The molecule has 0 saturated heterocycles. The zero-order valence-corrected chi connectivity index (χ0v) is 12.5. The fraction of sp³-hybridized carbons (Fsp3) is 0.667. The van der Waals surface area contributed by atoms with Crippen LogP contribution in [-0.2, 0) is 11.2 Å². The first-order valence-corrected chi connectivity index (χ1v) is 7.32. The third kappa shape index (κ3) is 4.53. The summed E-state index contributed by atoms with van der Waals surface area (Å²) in [4.78, 5) is 1.41. The van der Waals surface area contributed by atoms with Crippen LogP contribution < -0.4 is 5.32 Å². The molecule has 1 heterocycles. The quantitative estimate of drug-likeness (QED) is 0.833. The van der Waals surface area contributed by atoms with Gasteiger partial charge >= 0.3 is 0 Å². The van der Waals surface area contributed by atoms with E-state index >= 15 is 0 Å². The molecule has 0 radical (unpaired) electrons. The molecule has 1 aromatic heterocycles. The molecule has 0 amide bonds. The number of hydrogen-bond donors (Lipinski definition) is 1. The van der Waals surface area contributed by atoms with Gasteiger partial charge in [-0.05, 0) is 53.7 Å². The smallest absolute Gasteiger partial charge is 0.0558 e. The van der Waals surface area contributed by atoms with E-state index in [1.165, 1.54) is 9.35 Å². The number of rotatable bonds is 7. The highest BCUT2D eigenvalue weighted by Gasteiger charge is 2.14. The Morgan fingerprint density at radius 1 is 1.56 bits per heavy atom. The lowest BCUT2D eigenvalue weighted by Gasteiger charge is -2.20. The van der Waals surface area contributed by atoms with Crippen LogP contribution in [-0.4, -0.2) is 25.8 Å². The first-order valence-electron chi connectivity index (χ1n) is 5.65. The Hall–Kier alpha value is 0.1000. The Morgan fingerprint density at radius 3 is 2.81 bits per heavy atom. The Labute approximate surface area is 111 Å². The molecule has 0 aliphatic carbocycles. The third-order valence-corrected chi connectivity index (χ3v) is 4.58. The molecule has 0 aliphatic heterocycles. The zero-order valence-electron chi connectivity index (χ0n) is 10.1. The maximum Gasteiger partial charge on any atom is 0.0558 e. The van der Waals surface area contributed by atoms with E-state index in [-0.39, 0.29) is 0 Å². The van der Waals surface area contributed by atoms with E-state index in [1.807, 2.05) is 11.3 Å². The van der Waals surface area contributed by atoms with Crippen LogP contribution in [0.2, 0.25) is 0 Å². The summed E-state index contributed by atoms with van der Waals surface area (Å²) in [6.07, 6.45) is 2.43. The summed E-state index contributed by atoms with van der Waals surface area (Å²) >= 11 is 5.39. The predicted octanol–water partition coefficient (Wildman–Crippen LogP) is 3.46. The molecule has 0 spiro atoms. The molecule has 1 N–H and O–H groups in total. The Kier molecular flexibility index (Phi) is 6.58. The zero-order chi connectivity index (χ0) is 12.0. The second-order valence-corrected chi connectivity index (χ2v) is 5.79. The topological polar surface area (TPSA) is 21.3 Å². The highest BCUT2D eigenvalue weighted by Crippen LogP contribution is 2.24. The highest BCUT2D eigenvalue weighted by atomic mass is 79.9. The number of ether oxygens (including phenoxy) is 1. The van der Waals surface area contributed by atoms with Crippen LogP contribution in [0.1, 0.15) is 25.1 Å². The highest BCUT2D eigenvalue weighted by molar-refractivity contribution is 9.10. The van der Waals surface area contributed by atoms with Gasteiger partial charge in [0.2, 0.25) is 0 Å². The van der Waals surface area contributed by atoms with Gasteiger partial charge in [-0.25, -0.2) is 0 Å². The number of likely N-dealkylation sites (N-methyl/N-ethyl adjacent to an activating group) is 1. The molecule has 4 heteroatoms. The van der Waals surface area contributed by atoms with Crippen LogP contribution >= 0.6 is 27.3 Å². The fourth-order valence-electron chi connectivity index (χ4n) is 1.72. The van der Waals surface area contributed by atoms with Crippen LogP contribution in [0.25, 0.3) is 0 Å². The van der Waals surface area contributed by atoms with Gasteiger partial charge in [-0.2, -0.15) is 0 Å². The molecule has 16 heavy (non-hydrogen) atoms. The van der Waals surface area contributed by atoms with Crippen LogP contribution in [0.5, 0.6) is 0 Å². The van der Waals surface area contributed by atoms with Gasteiger partial charge in [-0.15, -0.1) is 11.3 Å². The average Bonchev–Trinajstić information content (AvgIpc) is 2.64. The summed E-state index contributed by atoms with van der Waals surface area (Å²) in [5.74, 6) is 0. The largest absolute Gasteiger partial charge is 0.382 e. The second kappa shape index (κ2) is 7.43. The van der Waals surface area contributed by atoms with Crippen molar-refractivity contribution in [3.63, 3.8) is 0 Å². The normalized spacial score (nSPS) is 15.0. The van der Waals surface area contributed by atoms with E-state index in [2.05, 4.69) is 46.5 Å². The summed E-state index contributed by atoms with van der Waals surface area (Å²) in [7, 11) is 1.77. The minimum absolute atomic E-state index is 0.308. The fourth-order valence-corrected chi connectivity index (χ4v) is 3.31. The van der Waals surface area contributed by atoms with Crippen molar-refractivity contribution in [2.45, 2.75) is 38.8 Å². The Balaban J connectivity index is 2.54. The molecular weight excluding hydrogens is 286 g/mol. The van der Waals surface area contributed by atoms with Crippen LogP contribution in [0, 0.1) is 0 Å². The first kappa shape index (κ1) is 14.2. The van der Waals surface area contributed by atoms with E-state index < -0.39 is 0 Å². The molecule has 0 aromatic carbocycles. The molecule has 0 saturated carbocycles. The molecular formula is C12H20BrNOS. The summed E-state index contributed by atoms with van der Waals surface area (Å²) in [5, 5.41) is 5.65. The standard InChI is InChI=1S/C12H20BrNOS/c1-4-14-10(7-9(2)15-3)8-12-11(13)5-6-16-12/h5-6,9-10,14H,4,7-8H2,1-3H3. The van der Waals surface area contributed by atoms with Crippen molar-refractivity contribution in [3.8, 4) is 0 Å². The van der Waals surface area contributed by atoms with Gasteiger partial charge in [0.05, 0.1) is 6.10 Å². The molecule has 1 aromatic rings. The van der Waals surface area contributed by atoms with E-state index in [9.17, 15) is 0 Å². The predicted molar refractivity (Wildman–Crippen MR) is 74.3 cm³/mol. The first-order chi connectivity index (χ1) is 7.67. The van der Waals surface area contributed by atoms with Crippen molar-refractivity contribution >= 4 is 27.3 Å². The molecule has 0 bridgehead atoms. The number of nitrogens with one attached hydrogen (secondary N) is 1. The van der Waals surface area contributed by atoms with Gasteiger partial charge in [-0.1, -0.05) is 6.92 Å². The van der Waals surface area contributed by atoms with Crippen molar-refractivity contribution in [2.24, 2.45) is 0 Å². The van der Waals surface area contributed by atoms with Crippen LogP contribution in [0.4, 0.5) is 0 Å². The summed E-state index contributed by atoms with van der Waals surface area (Å²) < 4.78 is 6.56. The average molecular weight is 306 g/mol. The molecule has 1 rings (SSSR count). The van der Waals surface area contributed by atoms with Gasteiger partial charge < -0.3 is 10.1 Å². The minimum Gasteiger partial charge on any atom is -0.382 e. The number of methoxy groups -OCH3 is 1. The minimum atomic E-state index is 0.308. The van der Waals surface area contributed by atoms with Crippen LogP contribution in [0.3, 0.4) is 0 Å². The van der Waals surface area contributed by atoms with Crippen LogP contribution in [0.15, 0.2) is 15.9 Å². The Morgan fingerprint density at radius 2 is 2.31 bits per heavy atom. The lowest BCUT2D eigenvalue weighted by atomic mass is 10.1. The summed E-state index contributed by atoms with van der Waals surface area (Å²) in [6.45, 7) is 5.27. The molecule has 0 aliphatic rings. The molecule has 92 valence electrons. The van der Waals surface area contributed by atoms with Gasteiger partial charge in [-0.3, -0.25) is 0 Å². The van der Waals surface area contributed by atoms with Crippen molar-refractivity contribution in [3.05, 3.63) is 20.8 Å². The van der Waals surface area contributed by atoms with E-state index in [0.717, 1.165) is 19.4 Å². The Bertz CT molecular complexity index is 303. The molecule has 2 nitrogen and oxygen atoms in total. The van der Waals surface area contributed by atoms with Crippen molar-refractivity contribution in [1.82, 2.24) is 5.32 Å². The summed E-state index contributed by atoms with van der Waals surface area (Å²) in [6, 6.07) is 2.61. The van der Waals surface area contributed by atoms with Gasteiger partial charge in [0, 0.05) is 22.5 Å². The van der Waals surface area contributed by atoms with Gasteiger partial charge in [0.1, 0.15) is 0 Å². The van der Waals surface area contributed by atoms with E-state index in [1.54, 1.807) is 7.11 Å². The van der Waals surface area contributed by atoms with E-state index in [4.69, 9.17) is 4.74 Å². The number of thiophene rings is 1. The van der Waals surface area contributed by atoms with Crippen molar-refractivity contribution in [1.29, 1.82) is 0 Å². The molecule has 0 fully saturated rings. The van der Waals surface area contributed by atoms with Crippen molar-refractivity contribution in [2.75, 3.05) is 13.7 Å². The maximum atomic E-state index is 5.33. The lowest BCUT2D eigenvalue weighted by Crippen LogP contribution is -2.34. The third-order valence-electron chi connectivity index (χ3n) is 2.63. The lowest BCUT2D eigenvalue weighted by molar-refractivity contribution is 0.101. The van der Waals surface area contributed by atoms with E-state index in [0.29, 0.717) is 12.1 Å². The molecule has 2 unspecified atom stereocenters.